The predicted octanol–water partition coefficient (Wildman–Crippen LogP) is 5.13. The molecule has 0 aromatic carbocycles. The molecule has 1 fully saturated rings. The molecule has 2 N–H and O–H groups in total. The summed E-state index contributed by atoms with van der Waals surface area (Å²) in [7, 11) is 0. The normalized spacial score (nSPS) is 34.3. The van der Waals surface area contributed by atoms with Crippen molar-refractivity contribution in [3.63, 3.8) is 0 Å². The van der Waals surface area contributed by atoms with Crippen molar-refractivity contribution in [1.29, 1.82) is 0 Å². The fourth-order valence-corrected chi connectivity index (χ4v) is 6.37. The van der Waals surface area contributed by atoms with Crippen LogP contribution in [0.15, 0.2) is 45.6 Å². The van der Waals surface area contributed by atoms with Crippen LogP contribution in [0.1, 0.15) is 70.6 Å². The first-order valence-electron chi connectivity index (χ1n) is 10.4. The summed E-state index contributed by atoms with van der Waals surface area (Å²) in [4.78, 5) is 12.4. The zero-order valence-corrected chi connectivity index (χ0v) is 15.2. The number of hydrogen-bond acceptors (Lipinski definition) is 1. The van der Waals surface area contributed by atoms with Gasteiger partial charge in [-0.2, -0.15) is 0 Å². The first-order valence-corrected chi connectivity index (χ1v) is 10.4. The molecule has 3 atom stereocenters. The largest absolute Gasteiger partial charge is 0.366 e. The van der Waals surface area contributed by atoms with Gasteiger partial charge in [0.15, 0.2) is 0 Å². The van der Waals surface area contributed by atoms with Crippen molar-refractivity contribution in [2.45, 2.75) is 70.6 Å². The number of fused-ring (bicyclic) bond motifs is 5. The molecule has 5 aliphatic carbocycles. The van der Waals surface area contributed by atoms with Gasteiger partial charge in [-0.15, -0.1) is 0 Å². The number of rotatable bonds is 1. The molecule has 1 amide bonds. The van der Waals surface area contributed by atoms with Crippen molar-refractivity contribution in [1.82, 2.24) is 0 Å². The maximum Gasteiger partial charge on any atom is 0.249 e. The summed E-state index contributed by atoms with van der Waals surface area (Å²) in [6, 6.07) is 0. The second kappa shape index (κ2) is 6.00. The summed E-state index contributed by atoms with van der Waals surface area (Å²) in [5, 5.41) is 0. The van der Waals surface area contributed by atoms with E-state index in [0.717, 1.165) is 17.9 Å². The number of carbonyl (C=O) groups excluding carboxylic acids is 1. The molecule has 0 bridgehead atoms. The van der Waals surface area contributed by atoms with Gasteiger partial charge < -0.3 is 5.73 Å². The minimum absolute atomic E-state index is 0.218. The number of primary amides is 1. The lowest BCUT2D eigenvalue weighted by Crippen LogP contribution is -2.32. The Kier molecular flexibility index (Phi) is 3.76. The van der Waals surface area contributed by atoms with Crippen LogP contribution >= 0.6 is 0 Å². The Hall–Kier alpha value is -1.57. The van der Waals surface area contributed by atoms with Gasteiger partial charge in [-0.05, 0) is 98.8 Å². The van der Waals surface area contributed by atoms with Crippen molar-refractivity contribution < 1.29 is 4.79 Å². The average Bonchev–Trinajstić information content (AvgIpc) is 2.66. The second-order valence-electron chi connectivity index (χ2n) is 8.70. The monoisotopic (exact) mass is 335 g/mol. The Morgan fingerprint density at radius 3 is 2.68 bits per heavy atom. The van der Waals surface area contributed by atoms with Gasteiger partial charge in [-0.25, -0.2) is 0 Å². The maximum atomic E-state index is 12.4. The summed E-state index contributed by atoms with van der Waals surface area (Å²) in [6.07, 6.45) is 18.8. The van der Waals surface area contributed by atoms with Crippen LogP contribution in [0.5, 0.6) is 0 Å². The summed E-state index contributed by atoms with van der Waals surface area (Å²) in [5.41, 5.74) is 14.2. The van der Waals surface area contributed by atoms with Gasteiger partial charge >= 0.3 is 0 Å². The summed E-state index contributed by atoms with van der Waals surface area (Å²) in [6.45, 7) is 0. The fraction of sp³-hybridized carbons (Fsp3) is 0.609. The van der Waals surface area contributed by atoms with Gasteiger partial charge in [-0.3, -0.25) is 4.79 Å². The summed E-state index contributed by atoms with van der Waals surface area (Å²) < 4.78 is 0. The van der Waals surface area contributed by atoms with Crippen LogP contribution < -0.4 is 5.73 Å². The van der Waals surface area contributed by atoms with Crippen molar-refractivity contribution in [2.75, 3.05) is 0 Å². The van der Waals surface area contributed by atoms with Gasteiger partial charge in [0.05, 0.1) is 0 Å². The lowest BCUT2D eigenvalue weighted by atomic mass is 9.61. The molecule has 0 heterocycles. The number of allylic oxidation sites excluding steroid dienone is 6. The van der Waals surface area contributed by atoms with Crippen LogP contribution in [-0.2, 0) is 4.79 Å². The molecule has 0 saturated heterocycles. The third-order valence-corrected chi connectivity index (χ3v) is 7.48. The molecule has 1 saturated carbocycles. The zero-order chi connectivity index (χ0) is 17.0. The molecular formula is C23H29NO. The Morgan fingerprint density at radius 1 is 0.920 bits per heavy atom. The van der Waals surface area contributed by atoms with Gasteiger partial charge in [0.1, 0.15) is 0 Å². The van der Waals surface area contributed by atoms with E-state index in [1.54, 1.807) is 11.1 Å². The van der Waals surface area contributed by atoms with E-state index < -0.39 is 0 Å². The highest BCUT2D eigenvalue weighted by Crippen LogP contribution is 2.54. The van der Waals surface area contributed by atoms with Crippen molar-refractivity contribution in [3.8, 4) is 0 Å². The number of nitrogens with two attached hydrogens (primary N) is 1. The van der Waals surface area contributed by atoms with E-state index in [2.05, 4.69) is 12.2 Å². The minimum atomic E-state index is -0.218. The number of amides is 1. The molecule has 0 aromatic rings. The molecular weight excluding hydrogens is 306 g/mol. The SMILES string of the molecule is NC(=O)C1=CC2=C3CCCCC3CCC2C2=C1C1=CCCCC1CC2. The highest BCUT2D eigenvalue weighted by atomic mass is 16.1. The topological polar surface area (TPSA) is 43.1 Å². The Morgan fingerprint density at radius 2 is 1.80 bits per heavy atom. The molecule has 132 valence electrons. The van der Waals surface area contributed by atoms with Crippen LogP contribution in [-0.4, -0.2) is 5.91 Å². The maximum absolute atomic E-state index is 12.4. The average molecular weight is 335 g/mol. The molecule has 0 aliphatic heterocycles. The Labute approximate surface area is 150 Å². The van der Waals surface area contributed by atoms with Gasteiger partial charge in [0, 0.05) is 11.5 Å². The van der Waals surface area contributed by atoms with Crippen LogP contribution in [0.2, 0.25) is 0 Å². The number of carbonyl (C=O) groups is 1. The highest BCUT2D eigenvalue weighted by molar-refractivity contribution is 5.99. The molecule has 0 aromatic heterocycles. The van der Waals surface area contributed by atoms with Crippen LogP contribution in [0.4, 0.5) is 0 Å². The molecule has 5 aliphatic rings. The quantitative estimate of drug-likeness (QED) is 0.709. The van der Waals surface area contributed by atoms with Gasteiger partial charge in [-0.1, -0.05) is 23.6 Å². The van der Waals surface area contributed by atoms with E-state index in [1.165, 1.54) is 80.9 Å². The van der Waals surface area contributed by atoms with Crippen molar-refractivity contribution in [3.05, 3.63) is 45.6 Å². The predicted molar refractivity (Wildman–Crippen MR) is 101 cm³/mol. The number of hydrogen-bond donors (Lipinski definition) is 1. The van der Waals surface area contributed by atoms with E-state index >= 15 is 0 Å². The van der Waals surface area contributed by atoms with Crippen molar-refractivity contribution in [2.24, 2.45) is 23.5 Å². The van der Waals surface area contributed by atoms with E-state index in [9.17, 15) is 4.79 Å². The van der Waals surface area contributed by atoms with Crippen LogP contribution in [0, 0.1) is 17.8 Å². The lowest BCUT2D eigenvalue weighted by molar-refractivity contribution is -0.114. The molecule has 2 nitrogen and oxygen atoms in total. The molecule has 5 rings (SSSR count). The van der Waals surface area contributed by atoms with E-state index in [-0.39, 0.29) is 5.91 Å². The third kappa shape index (κ3) is 2.40. The highest BCUT2D eigenvalue weighted by Gasteiger charge is 2.40. The first kappa shape index (κ1) is 15.7. The molecule has 0 radical (unpaired) electrons. The van der Waals surface area contributed by atoms with E-state index in [0.29, 0.717) is 11.8 Å². The van der Waals surface area contributed by atoms with Crippen LogP contribution in [0.25, 0.3) is 0 Å². The van der Waals surface area contributed by atoms with Crippen molar-refractivity contribution >= 4 is 5.91 Å². The smallest absolute Gasteiger partial charge is 0.249 e. The first-order chi connectivity index (χ1) is 12.2. The standard InChI is InChI=1S/C23H29NO/c24-23(25)21-13-20-16-7-3-1-5-14(16)9-11-18(20)19-12-10-15-6-2-4-8-17(15)22(19)21/h8,13-15,18H,1-7,9-12H2,(H2,24,25). The van der Waals surface area contributed by atoms with Gasteiger partial charge in [0.2, 0.25) is 5.91 Å². The van der Waals surface area contributed by atoms with Gasteiger partial charge in [0.25, 0.3) is 0 Å². The van der Waals surface area contributed by atoms with E-state index in [4.69, 9.17) is 5.73 Å². The Bertz CT molecular complexity index is 748. The fourth-order valence-electron chi connectivity index (χ4n) is 6.37. The Balaban J connectivity index is 1.68. The van der Waals surface area contributed by atoms with Crippen LogP contribution in [0.3, 0.4) is 0 Å². The molecule has 2 heteroatoms. The molecule has 25 heavy (non-hydrogen) atoms. The van der Waals surface area contributed by atoms with E-state index in [1.807, 2.05) is 0 Å². The molecule has 3 unspecified atom stereocenters. The third-order valence-electron chi connectivity index (χ3n) is 7.48. The second-order valence-corrected chi connectivity index (χ2v) is 8.70. The minimum Gasteiger partial charge on any atom is -0.366 e. The zero-order valence-electron chi connectivity index (χ0n) is 15.2. The lowest BCUT2D eigenvalue weighted by Gasteiger charge is -2.44. The molecule has 0 spiro atoms. The summed E-state index contributed by atoms with van der Waals surface area (Å²) >= 11 is 0. The summed E-state index contributed by atoms with van der Waals surface area (Å²) in [5.74, 6) is 1.79.